The summed E-state index contributed by atoms with van der Waals surface area (Å²) in [5.41, 5.74) is 2.41. The van der Waals surface area contributed by atoms with Crippen LogP contribution in [0.4, 0.5) is 11.8 Å². The number of amides is 1. The van der Waals surface area contributed by atoms with Crippen LogP contribution < -0.4 is 25.0 Å². The van der Waals surface area contributed by atoms with Crippen molar-refractivity contribution < 1.29 is 19.0 Å². The number of rotatable bonds is 10. The second-order valence-electron chi connectivity index (χ2n) is 7.87. The van der Waals surface area contributed by atoms with Gasteiger partial charge in [-0.05, 0) is 41.1 Å². The fourth-order valence-electron chi connectivity index (χ4n) is 3.83. The van der Waals surface area contributed by atoms with Crippen molar-refractivity contribution in [3.8, 4) is 11.6 Å². The van der Waals surface area contributed by atoms with Gasteiger partial charge < -0.3 is 29.7 Å². The average Bonchev–Trinajstić information content (AvgIpc) is 3.35. The first-order valence-electron chi connectivity index (χ1n) is 11.1. The van der Waals surface area contributed by atoms with Crippen LogP contribution in [0.1, 0.15) is 26.4 Å². The largest absolute Gasteiger partial charge is 0.495 e. The number of thiophene rings is 1. The van der Waals surface area contributed by atoms with Gasteiger partial charge in [-0.3, -0.25) is 4.79 Å². The predicted molar refractivity (Wildman–Crippen MR) is 137 cm³/mol. The fraction of sp³-hybridized carbons (Fsp3) is 0.375. The molecule has 0 saturated carbocycles. The van der Waals surface area contributed by atoms with Crippen molar-refractivity contribution in [3.63, 3.8) is 0 Å². The van der Waals surface area contributed by atoms with Gasteiger partial charge in [-0.15, -0.1) is 11.3 Å². The molecule has 1 aromatic carbocycles. The van der Waals surface area contributed by atoms with Crippen molar-refractivity contribution in [2.24, 2.45) is 0 Å². The molecule has 3 heterocycles. The van der Waals surface area contributed by atoms with E-state index < -0.39 is 0 Å². The number of benzene rings is 1. The Morgan fingerprint density at radius 2 is 2.06 bits per heavy atom. The maximum atomic E-state index is 13.1. The summed E-state index contributed by atoms with van der Waals surface area (Å²) < 4.78 is 15.8. The highest BCUT2D eigenvalue weighted by Crippen LogP contribution is 2.31. The van der Waals surface area contributed by atoms with E-state index in [9.17, 15) is 4.79 Å². The third-order valence-electron chi connectivity index (χ3n) is 5.64. The van der Waals surface area contributed by atoms with Crippen molar-refractivity contribution in [2.45, 2.75) is 19.5 Å². The lowest BCUT2D eigenvalue weighted by Crippen LogP contribution is -2.32. The van der Waals surface area contributed by atoms with E-state index in [1.165, 1.54) is 17.6 Å². The van der Waals surface area contributed by atoms with Gasteiger partial charge in [0.05, 0.1) is 25.8 Å². The summed E-state index contributed by atoms with van der Waals surface area (Å²) in [5, 5.41) is 8.73. The smallest absolute Gasteiger partial charge is 0.260 e. The first-order chi connectivity index (χ1) is 17.0. The first-order valence-corrected chi connectivity index (χ1v) is 12.4. The number of carbonyl (C=O) groups is 1. The third kappa shape index (κ3) is 5.77. The molecule has 0 fully saturated rings. The molecular formula is C24H28ClN5O4S. The van der Waals surface area contributed by atoms with Crippen LogP contribution in [-0.2, 0) is 24.2 Å². The lowest BCUT2D eigenvalue weighted by Gasteiger charge is -2.28. The van der Waals surface area contributed by atoms with Crippen molar-refractivity contribution in [1.29, 1.82) is 0 Å². The number of hydrogen-bond acceptors (Lipinski definition) is 9. The Hall–Kier alpha value is -3.08. The molecule has 1 aliphatic heterocycles. The molecule has 0 bridgehead atoms. The molecule has 2 aromatic heterocycles. The Kier molecular flexibility index (Phi) is 8.27. The van der Waals surface area contributed by atoms with Crippen LogP contribution in [0.3, 0.4) is 0 Å². The molecule has 2 N–H and O–H groups in total. The molecule has 0 radical (unpaired) electrons. The van der Waals surface area contributed by atoms with Gasteiger partial charge in [-0.25, -0.2) is 0 Å². The zero-order valence-corrected chi connectivity index (χ0v) is 21.5. The molecule has 0 atom stereocenters. The average molecular weight is 518 g/mol. The van der Waals surface area contributed by atoms with Crippen molar-refractivity contribution in [3.05, 3.63) is 56.2 Å². The van der Waals surface area contributed by atoms with E-state index in [0.717, 1.165) is 18.5 Å². The van der Waals surface area contributed by atoms with Crippen molar-refractivity contribution in [2.75, 3.05) is 51.2 Å². The van der Waals surface area contributed by atoms with E-state index in [1.54, 1.807) is 31.6 Å². The summed E-state index contributed by atoms with van der Waals surface area (Å²) in [5.74, 6) is 1.33. The molecule has 186 valence electrons. The van der Waals surface area contributed by atoms with Gasteiger partial charge in [0.1, 0.15) is 17.1 Å². The highest BCUT2D eigenvalue weighted by molar-refractivity contribution is 7.10. The zero-order chi connectivity index (χ0) is 24.8. The number of hydrogen-bond donors (Lipinski definition) is 2. The van der Waals surface area contributed by atoms with Crippen LogP contribution in [0.2, 0.25) is 5.02 Å². The Balaban J connectivity index is 1.65. The van der Waals surface area contributed by atoms with Crippen molar-refractivity contribution in [1.82, 2.24) is 15.3 Å². The second-order valence-corrected chi connectivity index (χ2v) is 9.28. The molecule has 0 spiro atoms. The summed E-state index contributed by atoms with van der Waals surface area (Å²) in [6.45, 7) is 2.60. The van der Waals surface area contributed by atoms with Crippen LogP contribution >= 0.6 is 22.9 Å². The molecule has 4 rings (SSSR count). The number of halogens is 1. The lowest BCUT2D eigenvalue weighted by molar-refractivity contribution is 0.0934. The number of fused-ring (bicyclic) bond motifs is 1. The summed E-state index contributed by atoms with van der Waals surface area (Å²) in [7, 11) is 4.65. The number of aromatic nitrogens is 2. The minimum Gasteiger partial charge on any atom is -0.495 e. The van der Waals surface area contributed by atoms with Gasteiger partial charge >= 0.3 is 0 Å². The number of methoxy groups -OCH3 is 3. The van der Waals surface area contributed by atoms with E-state index in [2.05, 4.69) is 32.0 Å². The highest BCUT2D eigenvalue weighted by Gasteiger charge is 2.26. The summed E-state index contributed by atoms with van der Waals surface area (Å²) >= 11 is 8.06. The molecule has 0 unspecified atom stereocenters. The molecule has 11 heteroatoms. The zero-order valence-electron chi connectivity index (χ0n) is 19.9. The molecule has 3 aromatic rings. The summed E-state index contributed by atoms with van der Waals surface area (Å²) in [6.07, 6.45) is 0.922. The normalized spacial score (nSPS) is 12.7. The number of anilines is 2. The molecule has 0 saturated heterocycles. The molecule has 9 nitrogen and oxygen atoms in total. The minimum atomic E-state index is -0.348. The SMILES string of the molecule is COCCNC(=O)c1c(NCc2ccc(OC)c(Cl)c2)nc(N2CCc3sccc3C2)nc1OC. The predicted octanol–water partition coefficient (Wildman–Crippen LogP) is 3.76. The van der Waals surface area contributed by atoms with Crippen LogP contribution in [0.5, 0.6) is 11.6 Å². The van der Waals surface area contributed by atoms with E-state index in [0.29, 0.717) is 48.8 Å². The van der Waals surface area contributed by atoms with Crippen LogP contribution in [0.25, 0.3) is 0 Å². The molecule has 1 aliphatic rings. The molecule has 0 aliphatic carbocycles. The maximum Gasteiger partial charge on any atom is 0.260 e. The topological polar surface area (TPSA) is 97.8 Å². The van der Waals surface area contributed by atoms with Crippen molar-refractivity contribution >= 4 is 40.6 Å². The highest BCUT2D eigenvalue weighted by atomic mass is 35.5. The second kappa shape index (κ2) is 11.6. The molecule has 35 heavy (non-hydrogen) atoms. The molecular weight excluding hydrogens is 490 g/mol. The third-order valence-corrected chi connectivity index (χ3v) is 6.96. The Labute approximate surface area is 213 Å². The standard InChI is InChI=1S/C24H28ClN5O4S/c1-32-10-8-26-22(31)20-21(27-13-15-4-5-18(33-2)17(25)12-15)28-24(29-23(20)34-3)30-9-6-19-16(14-30)7-11-35-19/h4-5,7,11-12H,6,8-10,13-14H2,1-3H3,(H,26,31)(H,27,28,29). The van der Waals surface area contributed by atoms with Crippen LogP contribution in [-0.4, -0.2) is 56.9 Å². The lowest BCUT2D eigenvalue weighted by atomic mass is 10.1. The fourth-order valence-corrected chi connectivity index (χ4v) is 5.00. The maximum absolute atomic E-state index is 13.1. The van der Waals surface area contributed by atoms with Gasteiger partial charge in [0.2, 0.25) is 11.8 Å². The van der Waals surface area contributed by atoms with Gasteiger partial charge in [0.25, 0.3) is 5.91 Å². The number of ether oxygens (including phenoxy) is 3. The number of nitrogens with one attached hydrogen (secondary N) is 2. The quantitative estimate of drug-likeness (QED) is 0.392. The monoisotopic (exact) mass is 517 g/mol. The Bertz CT molecular complexity index is 1190. The number of nitrogens with zero attached hydrogens (tertiary/aromatic N) is 3. The summed E-state index contributed by atoms with van der Waals surface area (Å²) in [4.78, 5) is 25.9. The van der Waals surface area contributed by atoms with E-state index in [4.69, 9.17) is 30.8 Å². The van der Waals surface area contributed by atoms with E-state index in [-0.39, 0.29) is 17.4 Å². The van der Waals surface area contributed by atoms with E-state index >= 15 is 0 Å². The van der Waals surface area contributed by atoms with Gasteiger partial charge in [-0.2, -0.15) is 9.97 Å². The van der Waals surface area contributed by atoms with E-state index in [1.807, 2.05) is 12.1 Å². The minimum absolute atomic E-state index is 0.205. The van der Waals surface area contributed by atoms with Crippen LogP contribution in [0, 0.1) is 0 Å². The number of carbonyl (C=O) groups excluding carboxylic acids is 1. The van der Waals surface area contributed by atoms with Gasteiger partial charge in [0, 0.05) is 38.2 Å². The van der Waals surface area contributed by atoms with Gasteiger partial charge in [0.15, 0.2) is 0 Å². The van der Waals surface area contributed by atoms with Gasteiger partial charge in [-0.1, -0.05) is 17.7 Å². The Morgan fingerprint density at radius 1 is 1.20 bits per heavy atom. The Morgan fingerprint density at radius 3 is 2.80 bits per heavy atom. The summed E-state index contributed by atoms with van der Waals surface area (Å²) in [6, 6.07) is 7.65. The van der Waals surface area contributed by atoms with Crippen LogP contribution in [0.15, 0.2) is 29.6 Å². The molecule has 1 amide bonds. The first kappa shape index (κ1) is 25.0.